The molecule has 5 rings (SSSR count). The van der Waals surface area contributed by atoms with Crippen LogP contribution in [0.15, 0.2) is 17.0 Å². The van der Waals surface area contributed by atoms with Crippen molar-refractivity contribution in [3.63, 3.8) is 0 Å². The van der Waals surface area contributed by atoms with E-state index in [4.69, 9.17) is 15.3 Å². The summed E-state index contributed by atoms with van der Waals surface area (Å²) in [6.07, 6.45) is 9.83. The molecular weight excluding hydrogens is 356 g/mol. The Hall–Kier alpha value is -2.52. The first-order chi connectivity index (χ1) is 13.7. The van der Waals surface area contributed by atoms with E-state index in [9.17, 15) is 0 Å². The van der Waals surface area contributed by atoms with Crippen molar-refractivity contribution < 1.29 is 4.63 Å². The van der Waals surface area contributed by atoms with Gasteiger partial charge < -0.3 is 16.0 Å². The number of anilines is 1. The molecule has 0 aromatic carbocycles. The number of pyridine rings is 1. The molecule has 4 heterocycles. The standard InChI is InChI=1S/C19H26N8O/c1-2-15(27-7-5-12(6-8-27)22-11-3-4-11)13-9-21-10-14-16(13)24-19(23-14)17-18(20)26-28-25-17/h9-12,15,22H,2-8H2,1H3,(H2,20,26)(H,23,24). The van der Waals surface area contributed by atoms with Crippen LogP contribution in [0.2, 0.25) is 0 Å². The van der Waals surface area contributed by atoms with Crippen LogP contribution in [-0.4, -0.2) is 55.3 Å². The first-order valence-electron chi connectivity index (χ1n) is 10.1. The first-order valence-corrected chi connectivity index (χ1v) is 10.1. The fourth-order valence-corrected chi connectivity index (χ4v) is 4.31. The van der Waals surface area contributed by atoms with Gasteiger partial charge in [-0.1, -0.05) is 6.92 Å². The monoisotopic (exact) mass is 382 g/mol. The second-order valence-corrected chi connectivity index (χ2v) is 7.88. The number of rotatable bonds is 6. The van der Waals surface area contributed by atoms with Gasteiger partial charge in [-0.25, -0.2) is 9.61 Å². The van der Waals surface area contributed by atoms with Crippen molar-refractivity contribution in [3.8, 4) is 11.5 Å². The number of fused-ring (bicyclic) bond motifs is 1. The number of hydrogen-bond acceptors (Lipinski definition) is 8. The zero-order chi connectivity index (χ0) is 19.1. The van der Waals surface area contributed by atoms with Gasteiger partial charge in [-0.15, -0.1) is 0 Å². The molecule has 9 heteroatoms. The van der Waals surface area contributed by atoms with Gasteiger partial charge in [-0.2, -0.15) is 0 Å². The largest absolute Gasteiger partial charge is 0.379 e. The molecule has 1 aliphatic heterocycles. The van der Waals surface area contributed by atoms with Crippen LogP contribution in [0, 0.1) is 0 Å². The van der Waals surface area contributed by atoms with Crippen molar-refractivity contribution in [1.29, 1.82) is 0 Å². The van der Waals surface area contributed by atoms with E-state index >= 15 is 0 Å². The zero-order valence-corrected chi connectivity index (χ0v) is 16.1. The van der Waals surface area contributed by atoms with Crippen LogP contribution in [0.4, 0.5) is 5.82 Å². The molecule has 2 fully saturated rings. The number of likely N-dealkylation sites (tertiary alicyclic amines) is 1. The number of piperidine rings is 1. The fraction of sp³-hybridized carbons (Fsp3) is 0.579. The molecule has 0 amide bonds. The summed E-state index contributed by atoms with van der Waals surface area (Å²) in [5.41, 5.74) is 9.20. The molecule has 0 radical (unpaired) electrons. The van der Waals surface area contributed by atoms with Crippen LogP contribution in [-0.2, 0) is 0 Å². The van der Waals surface area contributed by atoms with Crippen molar-refractivity contribution in [2.45, 2.75) is 57.2 Å². The average molecular weight is 382 g/mol. The third kappa shape index (κ3) is 3.24. The predicted octanol–water partition coefficient (Wildman–Crippen LogP) is 2.26. The minimum atomic E-state index is 0.228. The van der Waals surface area contributed by atoms with Crippen LogP contribution in [0.25, 0.3) is 22.6 Å². The molecule has 1 unspecified atom stereocenters. The van der Waals surface area contributed by atoms with Gasteiger partial charge in [0.15, 0.2) is 17.3 Å². The van der Waals surface area contributed by atoms with E-state index in [0.29, 0.717) is 23.6 Å². The van der Waals surface area contributed by atoms with Gasteiger partial charge in [0.05, 0.1) is 17.2 Å². The van der Waals surface area contributed by atoms with Crippen LogP contribution < -0.4 is 11.1 Å². The molecule has 148 valence electrons. The summed E-state index contributed by atoms with van der Waals surface area (Å²) in [6.45, 7) is 4.42. The average Bonchev–Trinajstić information content (AvgIpc) is 3.24. The Bertz CT molecular complexity index is 954. The Balaban J connectivity index is 1.40. The normalized spacial score (nSPS) is 20.0. The molecule has 1 saturated heterocycles. The van der Waals surface area contributed by atoms with Crippen molar-refractivity contribution in [3.05, 3.63) is 18.0 Å². The van der Waals surface area contributed by atoms with Gasteiger partial charge >= 0.3 is 0 Å². The number of imidazole rings is 1. The molecule has 3 aromatic rings. The molecular formula is C19H26N8O. The Kier molecular flexibility index (Phi) is 4.48. The van der Waals surface area contributed by atoms with Crippen LogP contribution in [0.5, 0.6) is 0 Å². The van der Waals surface area contributed by atoms with Crippen molar-refractivity contribution in [2.24, 2.45) is 0 Å². The Morgan fingerprint density at radius 3 is 2.68 bits per heavy atom. The predicted molar refractivity (Wildman–Crippen MR) is 105 cm³/mol. The molecule has 3 aromatic heterocycles. The lowest BCUT2D eigenvalue weighted by molar-refractivity contribution is 0.139. The zero-order valence-electron chi connectivity index (χ0n) is 16.1. The van der Waals surface area contributed by atoms with Gasteiger partial charge in [0.2, 0.25) is 0 Å². The van der Waals surface area contributed by atoms with E-state index in [1.165, 1.54) is 25.7 Å². The molecule has 9 nitrogen and oxygen atoms in total. The second-order valence-electron chi connectivity index (χ2n) is 7.88. The number of hydrogen-bond donors (Lipinski definition) is 3. The summed E-state index contributed by atoms with van der Waals surface area (Å²) in [5, 5.41) is 11.3. The van der Waals surface area contributed by atoms with Crippen LogP contribution in [0.3, 0.4) is 0 Å². The summed E-state index contributed by atoms with van der Waals surface area (Å²) in [6, 6.07) is 1.73. The van der Waals surface area contributed by atoms with Crippen LogP contribution >= 0.6 is 0 Å². The lowest BCUT2D eigenvalue weighted by atomic mass is 9.98. The van der Waals surface area contributed by atoms with Crippen LogP contribution in [0.1, 0.15) is 50.6 Å². The first kappa shape index (κ1) is 17.6. The number of aromatic nitrogens is 5. The SMILES string of the molecule is CCC(c1cncc2[nH]c(-c3nonc3N)nc12)N1CCC(NC2CC2)CC1. The highest BCUT2D eigenvalue weighted by Crippen LogP contribution is 2.33. The van der Waals surface area contributed by atoms with E-state index in [0.717, 1.165) is 42.1 Å². The molecule has 0 spiro atoms. The molecule has 0 bridgehead atoms. The third-order valence-corrected chi connectivity index (χ3v) is 5.93. The summed E-state index contributed by atoms with van der Waals surface area (Å²) in [5.74, 6) is 0.788. The van der Waals surface area contributed by atoms with Gasteiger partial charge in [0, 0.05) is 43.0 Å². The number of nitrogen functional groups attached to an aromatic ring is 1. The van der Waals surface area contributed by atoms with Crippen molar-refractivity contribution >= 4 is 16.9 Å². The minimum absolute atomic E-state index is 0.228. The minimum Gasteiger partial charge on any atom is -0.379 e. The fourth-order valence-electron chi connectivity index (χ4n) is 4.31. The van der Waals surface area contributed by atoms with E-state index < -0.39 is 0 Å². The molecule has 4 N–H and O–H groups in total. The maximum atomic E-state index is 5.83. The van der Waals surface area contributed by atoms with Gasteiger partial charge in [0.1, 0.15) is 0 Å². The molecule has 2 aliphatic rings. The van der Waals surface area contributed by atoms with E-state index in [2.05, 4.69) is 37.4 Å². The number of H-pyrrole nitrogens is 1. The summed E-state index contributed by atoms with van der Waals surface area (Å²) in [7, 11) is 0. The highest BCUT2D eigenvalue weighted by molar-refractivity contribution is 5.82. The molecule has 1 saturated carbocycles. The molecule has 1 atom stereocenters. The Morgan fingerprint density at radius 1 is 1.21 bits per heavy atom. The topological polar surface area (TPSA) is 122 Å². The van der Waals surface area contributed by atoms with Gasteiger partial charge in [-0.05, 0) is 42.4 Å². The second kappa shape index (κ2) is 7.14. The highest BCUT2D eigenvalue weighted by atomic mass is 16.6. The van der Waals surface area contributed by atoms with Gasteiger partial charge in [-0.3, -0.25) is 9.88 Å². The summed E-state index contributed by atoms with van der Waals surface area (Å²) >= 11 is 0. The van der Waals surface area contributed by atoms with Crippen molar-refractivity contribution in [1.82, 2.24) is 35.5 Å². The highest BCUT2D eigenvalue weighted by Gasteiger charge is 2.30. The molecule has 1 aliphatic carbocycles. The lowest BCUT2D eigenvalue weighted by Crippen LogP contribution is -2.44. The smallest absolute Gasteiger partial charge is 0.199 e. The summed E-state index contributed by atoms with van der Waals surface area (Å²) in [4.78, 5) is 15.0. The Labute approximate surface area is 163 Å². The van der Waals surface area contributed by atoms with Crippen molar-refractivity contribution in [2.75, 3.05) is 18.8 Å². The van der Waals surface area contributed by atoms with Gasteiger partial charge in [0.25, 0.3) is 0 Å². The maximum Gasteiger partial charge on any atom is 0.199 e. The summed E-state index contributed by atoms with van der Waals surface area (Å²) < 4.78 is 4.72. The van der Waals surface area contributed by atoms with E-state index in [1.807, 2.05) is 6.20 Å². The maximum absolute atomic E-state index is 5.83. The van der Waals surface area contributed by atoms with E-state index in [1.54, 1.807) is 6.20 Å². The number of nitrogens with zero attached hydrogens (tertiary/aromatic N) is 5. The third-order valence-electron chi connectivity index (χ3n) is 5.93. The quantitative estimate of drug-likeness (QED) is 0.593. The molecule has 28 heavy (non-hydrogen) atoms. The lowest BCUT2D eigenvalue weighted by Gasteiger charge is -2.37. The number of nitrogens with one attached hydrogen (secondary N) is 2. The number of aromatic amines is 1. The number of nitrogens with two attached hydrogens (primary N) is 1. The van der Waals surface area contributed by atoms with E-state index in [-0.39, 0.29) is 5.82 Å². The Morgan fingerprint density at radius 2 is 2.00 bits per heavy atom.